The van der Waals surface area contributed by atoms with E-state index in [9.17, 15) is 4.79 Å². The van der Waals surface area contributed by atoms with Crippen LogP contribution in [-0.2, 0) is 17.0 Å². The molecule has 106 valence electrons. The number of carbonyl (C=O) groups is 1. The highest BCUT2D eigenvalue weighted by atomic mass is 32.7. The third-order valence-corrected chi connectivity index (χ3v) is 7.84. The van der Waals surface area contributed by atoms with Gasteiger partial charge in [0.25, 0.3) is 5.91 Å². The summed E-state index contributed by atoms with van der Waals surface area (Å²) in [5.74, 6) is 0.0572. The molecule has 20 heavy (non-hydrogen) atoms. The summed E-state index contributed by atoms with van der Waals surface area (Å²) in [6, 6.07) is 5.74. The first-order valence-corrected chi connectivity index (χ1v) is 10.3. The minimum absolute atomic E-state index is 0.0572. The zero-order chi connectivity index (χ0) is 15.1. The van der Waals surface area contributed by atoms with Gasteiger partial charge < -0.3 is 17.6 Å². The van der Waals surface area contributed by atoms with Gasteiger partial charge in [0, 0.05) is 19.0 Å². The summed E-state index contributed by atoms with van der Waals surface area (Å²) >= 11 is 5.59. The molecule has 0 atom stereocenters. The summed E-state index contributed by atoms with van der Waals surface area (Å²) in [7, 11) is 0. The number of benzene rings is 1. The molecule has 0 saturated heterocycles. The topological polar surface area (TPSA) is 52.9 Å². The van der Waals surface area contributed by atoms with Crippen molar-refractivity contribution >= 4 is 30.3 Å². The molecular weight excluding hydrogens is 287 g/mol. The number of hydrogen-bond acceptors (Lipinski definition) is 3. The molecule has 1 aromatic rings. The Morgan fingerprint density at radius 3 is 2.20 bits per heavy atom. The van der Waals surface area contributed by atoms with E-state index in [0.717, 1.165) is 29.7 Å². The zero-order valence-electron chi connectivity index (χ0n) is 12.3. The number of carbonyl (C=O) groups excluding carboxylic acids is 1. The highest BCUT2D eigenvalue weighted by Gasteiger charge is 2.60. The van der Waals surface area contributed by atoms with Crippen LogP contribution in [0.1, 0.15) is 29.5 Å². The largest absolute Gasteiger partial charge is 0.556 e. The fourth-order valence-corrected chi connectivity index (χ4v) is 5.11. The molecule has 1 amide bonds. The quantitative estimate of drug-likeness (QED) is 0.688. The Morgan fingerprint density at radius 1 is 1.35 bits per heavy atom. The number of nitrogens with zero attached hydrogens (tertiary/aromatic N) is 1. The van der Waals surface area contributed by atoms with Crippen LogP contribution in [-0.4, -0.2) is 24.4 Å². The van der Waals surface area contributed by atoms with Gasteiger partial charge in [-0.25, -0.2) is 0 Å². The van der Waals surface area contributed by atoms with Crippen molar-refractivity contribution in [2.24, 2.45) is 0 Å². The lowest BCUT2D eigenvalue weighted by Gasteiger charge is -2.32. The van der Waals surface area contributed by atoms with Gasteiger partial charge in [0.2, 0.25) is 0 Å². The average molecular weight is 306 g/mol. The maximum Gasteiger partial charge on any atom is 0.266 e. The number of nitrogens with one attached hydrogen (secondary N) is 1. The lowest BCUT2D eigenvalue weighted by molar-refractivity contribution is -0.116. The summed E-state index contributed by atoms with van der Waals surface area (Å²) < 4.78 is 0. The Bertz CT molecular complexity index is 586. The van der Waals surface area contributed by atoms with Crippen LogP contribution in [0, 0.1) is 25.2 Å². The normalized spacial score (nSPS) is 16.4. The zero-order valence-corrected chi connectivity index (χ0v) is 14.0. The van der Waals surface area contributed by atoms with Crippen LogP contribution in [0.4, 0.5) is 5.69 Å². The predicted octanol–water partition coefficient (Wildman–Crippen LogP) is 3.39. The first kappa shape index (κ1) is 15.4. The summed E-state index contributed by atoms with van der Waals surface area (Å²) in [6.45, 7) is 6.30. The molecule has 5 heteroatoms. The van der Waals surface area contributed by atoms with E-state index in [1.165, 1.54) is 0 Å². The van der Waals surface area contributed by atoms with Gasteiger partial charge in [-0.3, -0.25) is 4.79 Å². The molecule has 0 aliphatic heterocycles. The molecule has 0 heterocycles. The Morgan fingerprint density at radius 2 is 1.85 bits per heavy atom. The van der Waals surface area contributed by atoms with E-state index in [2.05, 4.69) is 11.4 Å². The van der Waals surface area contributed by atoms with E-state index in [1.807, 2.05) is 27.2 Å². The van der Waals surface area contributed by atoms with Gasteiger partial charge in [0.1, 0.15) is 5.16 Å². The fourth-order valence-electron chi connectivity index (χ4n) is 2.58. The highest BCUT2D eigenvalue weighted by Crippen LogP contribution is 2.72. The van der Waals surface area contributed by atoms with Gasteiger partial charge in [-0.05, 0) is 49.9 Å². The molecule has 0 aromatic heterocycles. The van der Waals surface area contributed by atoms with E-state index in [-0.39, 0.29) is 11.1 Å². The van der Waals surface area contributed by atoms with E-state index in [0.29, 0.717) is 5.56 Å². The van der Waals surface area contributed by atoms with Crippen molar-refractivity contribution in [3.05, 3.63) is 28.8 Å². The van der Waals surface area contributed by atoms with Crippen LogP contribution in [0.5, 0.6) is 0 Å². The van der Waals surface area contributed by atoms with Gasteiger partial charge in [-0.2, -0.15) is 5.26 Å². The molecule has 0 spiro atoms. The minimum Gasteiger partial charge on any atom is -0.556 e. The van der Waals surface area contributed by atoms with Crippen molar-refractivity contribution in [3.8, 4) is 6.07 Å². The van der Waals surface area contributed by atoms with Gasteiger partial charge in [0.05, 0.1) is 11.6 Å². The standard InChI is InChI=1S/C15H19N2OPS/c1-10-7-12(9-16)8-11(2)13(10)17-14(18)15(5-6-15)19(3,4)20/h7-8H,5-6H2,1-4H3,(H,17,18). The molecule has 0 unspecified atom stereocenters. The molecule has 1 aliphatic carbocycles. The summed E-state index contributed by atoms with van der Waals surface area (Å²) in [4.78, 5) is 12.6. The number of nitriles is 1. The van der Waals surface area contributed by atoms with Crippen LogP contribution in [0.3, 0.4) is 0 Å². The fraction of sp³-hybridized carbons (Fsp3) is 0.467. The Kier molecular flexibility index (Phi) is 3.88. The first-order valence-electron chi connectivity index (χ1n) is 6.59. The summed E-state index contributed by atoms with van der Waals surface area (Å²) in [5.41, 5.74) is 3.29. The number of hydrogen-bond donors (Lipinski definition) is 1. The van der Waals surface area contributed by atoms with Crippen molar-refractivity contribution in [2.45, 2.75) is 31.8 Å². The van der Waals surface area contributed by atoms with Crippen molar-refractivity contribution in [2.75, 3.05) is 18.6 Å². The van der Waals surface area contributed by atoms with Gasteiger partial charge >= 0.3 is 0 Å². The maximum absolute atomic E-state index is 12.6. The summed E-state index contributed by atoms with van der Waals surface area (Å²) in [5, 5.41) is 11.7. The van der Waals surface area contributed by atoms with Gasteiger partial charge in [0.15, 0.2) is 0 Å². The second-order valence-electron chi connectivity index (χ2n) is 5.93. The molecule has 1 fully saturated rings. The average Bonchev–Trinajstić information content (AvgIpc) is 3.13. The highest BCUT2D eigenvalue weighted by molar-refractivity contribution is 8.42. The monoisotopic (exact) mass is 306 g/mol. The third kappa shape index (κ3) is 2.57. The number of rotatable bonds is 3. The summed E-state index contributed by atoms with van der Waals surface area (Å²) in [6.07, 6.45) is 1.80. The molecule has 3 nitrogen and oxygen atoms in total. The Labute approximate surface area is 126 Å². The molecule has 0 bridgehead atoms. The third-order valence-electron chi connectivity index (χ3n) is 4.08. The van der Waals surface area contributed by atoms with Crippen molar-refractivity contribution in [1.29, 1.82) is 5.26 Å². The molecular formula is C15H19N2OPS. The van der Waals surface area contributed by atoms with Crippen LogP contribution >= 0.6 is 6.46 Å². The number of anilines is 1. The smallest absolute Gasteiger partial charge is 0.266 e. The molecule has 2 rings (SSSR count). The van der Waals surface area contributed by atoms with Crippen LogP contribution < -0.4 is 5.32 Å². The predicted molar refractivity (Wildman–Crippen MR) is 87.4 cm³/mol. The van der Waals surface area contributed by atoms with Crippen molar-refractivity contribution in [1.82, 2.24) is 0 Å². The van der Waals surface area contributed by atoms with E-state index >= 15 is 0 Å². The van der Waals surface area contributed by atoms with E-state index < -0.39 is 6.46 Å². The Hall–Kier alpha value is -1.04. The maximum atomic E-state index is 12.6. The molecule has 1 aromatic carbocycles. The molecule has 1 N–H and O–H groups in total. The van der Waals surface area contributed by atoms with E-state index in [4.69, 9.17) is 17.5 Å². The van der Waals surface area contributed by atoms with Crippen LogP contribution in [0.25, 0.3) is 0 Å². The lowest BCUT2D eigenvalue weighted by Crippen LogP contribution is -2.31. The van der Waals surface area contributed by atoms with E-state index in [1.54, 1.807) is 12.1 Å². The van der Waals surface area contributed by atoms with Gasteiger partial charge in [-0.1, -0.05) is 6.46 Å². The van der Waals surface area contributed by atoms with Crippen molar-refractivity contribution in [3.63, 3.8) is 0 Å². The number of amides is 1. The van der Waals surface area contributed by atoms with Gasteiger partial charge in [-0.15, -0.1) is 0 Å². The molecule has 1 aliphatic rings. The second kappa shape index (κ2) is 5.06. The van der Waals surface area contributed by atoms with Crippen LogP contribution in [0.15, 0.2) is 12.1 Å². The van der Waals surface area contributed by atoms with Crippen molar-refractivity contribution < 1.29 is 4.79 Å². The number of aryl methyl sites for hydroxylation is 2. The molecule has 0 radical (unpaired) electrons. The molecule has 1 saturated carbocycles. The van der Waals surface area contributed by atoms with Crippen LogP contribution in [0.2, 0.25) is 0 Å². The lowest BCUT2D eigenvalue weighted by atomic mass is 10.0. The second-order valence-corrected chi connectivity index (χ2v) is 12.2. The first-order chi connectivity index (χ1) is 9.21. The Balaban J connectivity index is 2.28. The minimum atomic E-state index is -1.63. The SMILES string of the molecule is Cc1cc(C#N)cc(C)c1NC(=O)C1([P+](C)(C)[S-])CC1.